The second-order valence-corrected chi connectivity index (χ2v) is 6.13. The smallest absolute Gasteiger partial charge is 0.225 e. The Bertz CT molecular complexity index is 413. The highest BCUT2D eigenvalue weighted by atomic mass is 15.2. The molecule has 0 unspecified atom stereocenters. The Balaban J connectivity index is 1.91. The lowest BCUT2D eigenvalue weighted by Gasteiger charge is -2.18. The topological polar surface area (TPSA) is 41.1 Å². The lowest BCUT2D eigenvalue weighted by molar-refractivity contribution is 0.550. The summed E-state index contributed by atoms with van der Waals surface area (Å²) in [5.74, 6) is 2.39. The van der Waals surface area contributed by atoms with Crippen LogP contribution < -0.4 is 10.2 Å². The molecule has 1 saturated carbocycles. The molecule has 1 fully saturated rings. The summed E-state index contributed by atoms with van der Waals surface area (Å²) in [4.78, 5) is 11.3. The fraction of sp³-hybridized carbons (Fsp3) is 0.733. The minimum Gasteiger partial charge on any atom is -0.344 e. The van der Waals surface area contributed by atoms with Crippen molar-refractivity contribution in [3.63, 3.8) is 0 Å². The van der Waals surface area contributed by atoms with Gasteiger partial charge in [-0.25, -0.2) is 9.97 Å². The predicted octanol–water partition coefficient (Wildman–Crippen LogP) is 2.38. The van der Waals surface area contributed by atoms with Gasteiger partial charge in [0.15, 0.2) is 0 Å². The van der Waals surface area contributed by atoms with Gasteiger partial charge in [0.05, 0.1) is 0 Å². The number of aromatic nitrogens is 2. The molecule has 0 aliphatic heterocycles. The molecule has 0 radical (unpaired) electrons. The molecule has 1 N–H and O–H groups in total. The molecule has 0 amide bonds. The highest BCUT2D eigenvalue weighted by Crippen LogP contribution is 2.30. The van der Waals surface area contributed by atoms with E-state index in [0.29, 0.717) is 5.92 Å². The van der Waals surface area contributed by atoms with Crippen LogP contribution in [0.25, 0.3) is 0 Å². The normalized spacial score (nSPS) is 15.0. The predicted molar refractivity (Wildman–Crippen MR) is 79.3 cm³/mol. The van der Waals surface area contributed by atoms with E-state index in [4.69, 9.17) is 0 Å². The Morgan fingerprint density at radius 1 is 1.42 bits per heavy atom. The first kappa shape index (κ1) is 14.3. The number of aryl methyl sites for hydroxylation is 1. The number of rotatable bonds is 7. The van der Waals surface area contributed by atoms with Crippen molar-refractivity contribution in [2.24, 2.45) is 11.8 Å². The SMILES string of the molecule is Cc1nc(N(C)CC2CC2)ncc1CNCC(C)C. The first-order valence-electron chi connectivity index (χ1n) is 7.30. The van der Waals surface area contributed by atoms with Crippen molar-refractivity contribution in [2.75, 3.05) is 25.0 Å². The maximum atomic E-state index is 4.63. The first-order valence-corrected chi connectivity index (χ1v) is 7.30. The summed E-state index contributed by atoms with van der Waals surface area (Å²) in [7, 11) is 2.09. The van der Waals surface area contributed by atoms with Crippen molar-refractivity contribution >= 4 is 5.95 Å². The van der Waals surface area contributed by atoms with Gasteiger partial charge in [-0.2, -0.15) is 0 Å². The molecule has 4 heteroatoms. The van der Waals surface area contributed by atoms with Crippen LogP contribution in [0.5, 0.6) is 0 Å². The molecule has 106 valence electrons. The van der Waals surface area contributed by atoms with E-state index in [-0.39, 0.29) is 0 Å². The van der Waals surface area contributed by atoms with Crippen molar-refractivity contribution < 1.29 is 0 Å². The Labute approximate surface area is 116 Å². The maximum Gasteiger partial charge on any atom is 0.225 e. The highest BCUT2D eigenvalue weighted by molar-refractivity contribution is 5.32. The Morgan fingerprint density at radius 3 is 2.74 bits per heavy atom. The number of hydrogen-bond donors (Lipinski definition) is 1. The van der Waals surface area contributed by atoms with E-state index in [0.717, 1.165) is 37.2 Å². The van der Waals surface area contributed by atoms with E-state index in [1.165, 1.54) is 18.4 Å². The van der Waals surface area contributed by atoms with Gasteiger partial charge in [0.2, 0.25) is 5.95 Å². The second-order valence-electron chi connectivity index (χ2n) is 6.13. The Hall–Kier alpha value is -1.16. The molecule has 19 heavy (non-hydrogen) atoms. The molecule has 0 atom stereocenters. The van der Waals surface area contributed by atoms with E-state index in [1.807, 2.05) is 6.20 Å². The molecule has 1 aromatic heterocycles. The summed E-state index contributed by atoms with van der Waals surface area (Å²) in [6.45, 7) is 9.48. The van der Waals surface area contributed by atoms with Crippen LogP contribution in [0.3, 0.4) is 0 Å². The summed E-state index contributed by atoms with van der Waals surface area (Å²) in [5, 5.41) is 3.44. The molecule has 1 aliphatic carbocycles. The van der Waals surface area contributed by atoms with Crippen LogP contribution in [-0.4, -0.2) is 30.1 Å². The molecule has 4 nitrogen and oxygen atoms in total. The van der Waals surface area contributed by atoms with Crippen LogP contribution in [0.4, 0.5) is 5.95 Å². The van der Waals surface area contributed by atoms with Gasteiger partial charge in [0, 0.05) is 37.6 Å². The van der Waals surface area contributed by atoms with E-state index in [9.17, 15) is 0 Å². The minimum absolute atomic E-state index is 0.671. The van der Waals surface area contributed by atoms with Gasteiger partial charge in [0.1, 0.15) is 0 Å². The number of nitrogens with one attached hydrogen (secondary N) is 1. The molecule has 0 bridgehead atoms. The van der Waals surface area contributed by atoms with Crippen molar-refractivity contribution in [2.45, 2.75) is 40.2 Å². The number of nitrogens with zero attached hydrogens (tertiary/aromatic N) is 3. The third-order valence-electron chi connectivity index (χ3n) is 3.51. The molecular weight excluding hydrogens is 236 g/mol. The maximum absolute atomic E-state index is 4.63. The molecule has 0 aromatic carbocycles. The average Bonchev–Trinajstić information content (AvgIpc) is 3.14. The fourth-order valence-electron chi connectivity index (χ4n) is 2.10. The van der Waals surface area contributed by atoms with Gasteiger partial charge in [-0.15, -0.1) is 0 Å². The van der Waals surface area contributed by atoms with Crippen molar-refractivity contribution in [1.82, 2.24) is 15.3 Å². The number of hydrogen-bond acceptors (Lipinski definition) is 4. The first-order chi connectivity index (χ1) is 9.06. The summed E-state index contributed by atoms with van der Waals surface area (Å²) in [6.07, 6.45) is 4.69. The van der Waals surface area contributed by atoms with E-state index in [2.05, 4.69) is 48.0 Å². The summed E-state index contributed by atoms with van der Waals surface area (Å²) in [5.41, 5.74) is 2.29. The van der Waals surface area contributed by atoms with E-state index in [1.54, 1.807) is 0 Å². The molecular formula is C15H26N4. The Kier molecular flexibility index (Phi) is 4.75. The minimum atomic E-state index is 0.671. The monoisotopic (exact) mass is 262 g/mol. The van der Waals surface area contributed by atoms with Gasteiger partial charge in [-0.1, -0.05) is 13.8 Å². The molecule has 2 rings (SSSR count). The lowest BCUT2D eigenvalue weighted by atomic mass is 10.2. The van der Waals surface area contributed by atoms with Crippen LogP contribution in [0, 0.1) is 18.8 Å². The van der Waals surface area contributed by atoms with Crippen molar-refractivity contribution in [3.8, 4) is 0 Å². The standard InChI is InChI=1S/C15H26N4/c1-11(2)7-16-8-14-9-17-15(18-12(14)3)19(4)10-13-5-6-13/h9,11,13,16H,5-8,10H2,1-4H3. The third-order valence-corrected chi connectivity index (χ3v) is 3.51. The second kappa shape index (κ2) is 6.33. The summed E-state index contributed by atoms with van der Waals surface area (Å²) >= 11 is 0. The van der Waals surface area contributed by atoms with Gasteiger partial charge >= 0.3 is 0 Å². The van der Waals surface area contributed by atoms with E-state index >= 15 is 0 Å². The van der Waals surface area contributed by atoms with E-state index < -0.39 is 0 Å². The van der Waals surface area contributed by atoms with Gasteiger partial charge in [-0.3, -0.25) is 0 Å². The van der Waals surface area contributed by atoms with Gasteiger partial charge in [0.25, 0.3) is 0 Å². The third kappa shape index (κ3) is 4.46. The molecule has 0 saturated heterocycles. The number of anilines is 1. The lowest BCUT2D eigenvalue weighted by Crippen LogP contribution is -2.24. The zero-order valence-electron chi connectivity index (χ0n) is 12.6. The van der Waals surface area contributed by atoms with Crippen molar-refractivity contribution in [3.05, 3.63) is 17.5 Å². The van der Waals surface area contributed by atoms with Crippen molar-refractivity contribution in [1.29, 1.82) is 0 Å². The Morgan fingerprint density at radius 2 is 2.16 bits per heavy atom. The summed E-state index contributed by atoms with van der Waals surface area (Å²) in [6, 6.07) is 0. The molecule has 0 spiro atoms. The van der Waals surface area contributed by atoms with Crippen LogP contribution in [-0.2, 0) is 6.54 Å². The largest absolute Gasteiger partial charge is 0.344 e. The van der Waals surface area contributed by atoms with Gasteiger partial charge < -0.3 is 10.2 Å². The van der Waals surface area contributed by atoms with Gasteiger partial charge in [-0.05, 0) is 38.1 Å². The summed E-state index contributed by atoms with van der Waals surface area (Å²) < 4.78 is 0. The fourth-order valence-corrected chi connectivity index (χ4v) is 2.10. The molecule has 1 heterocycles. The zero-order valence-corrected chi connectivity index (χ0v) is 12.6. The van der Waals surface area contributed by atoms with Crippen LogP contribution in [0.15, 0.2) is 6.20 Å². The quantitative estimate of drug-likeness (QED) is 0.819. The van der Waals surface area contributed by atoms with Crippen LogP contribution in [0.1, 0.15) is 37.9 Å². The van der Waals surface area contributed by atoms with Crippen LogP contribution in [0.2, 0.25) is 0 Å². The zero-order chi connectivity index (χ0) is 13.8. The highest BCUT2D eigenvalue weighted by Gasteiger charge is 2.23. The molecule has 1 aromatic rings. The van der Waals surface area contributed by atoms with Crippen LogP contribution >= 0.6 is 0 Å². The average molecular weight is 262 g/mol. The molecule has 1 aliphatic rings.